The van der Waals surface area contributed by atoms with Crippen LogP contribution in [0.2, 0.25) is 0 Å². The van der Waals surface area contributed by atoms with Crippen molar-refractivity contribution in [1.29, 1.82) is 0 Å². The van der Waals surface area contributed by atoms with Crippen LogP contribution >= 0.6 is 23.2 Å². The first kappa shape index (κ1) is 18.4. The van der Waals surface area contributed by atoms with Crippen LogP contribution in [0.1, 0.15) is 34.1 Å². The molecule has 0 radical (unpaired) electrons. The first-order valence-corrected chi connectivity index (χ1v) is 5.94. The zero-order valence-electron chi connectivity index (χ0n) is 10.6. The third-order valence-corrected chi connectivity index (χ3v) is 2.21. The van der Waals surface area contributed by atoms with Gasteiger partial charge in [-0.15, -0.1) is 0 Å². The summed E-state index contributed by atoms with van der Waals surface area (Å²) in [5.74, 6) is -0.756. The van der Waals surface area contributed by atoms with E-state index in [1.807, 2.05) is 13.8 Å². The van der Waals surface area contributed by atoms with Gasteiger partial charge >= 0.3 is 0 Å². The minimum Gasteiger partial charge on any atom is -0.370 e. The standard InChI is InChI=1S/C9H13Cl2N3O.C2H6/c1-3-7(11)6(5(2)10)4-8(15)14-9(12)13;1-2/h3H,4H2,1-2H3,(H4,12,13,14,15);1-2H3/b6-5+,7-3+;. The Labute approximate surface area is 112 Å². The molecule has 0 aliphatic heterocycles. The summed E-state index contributed by atoms with van der Waals surface area (Å²) >= 11 is 11.7. The average Bonchev–Trinajstić information content (AvgIpc) is 2.26. The topological polar surface area (TPSA) is 81.5 Å². The van der Waals surface area contributed by atoms with Gasteiger partial charge in [-0.1, -0.05) is 43.1 Å². The lowest BCUT2D eigenvalue weighted by molar-refractivity contribution is -0.117. The second-order valence-electron chi connectivity index (χ2n) is 2.76. The molecule has 0 saturated heterocycles. The number of halogens is 2. The molecule has 0 bridgehead atoms. The van der Waals surface area contributed by atoms with E-state index >= 15 is 0 Å². The Morgan fingerprint density at radius 2 is 1.76 bits per heavy atom. The van der Waals surface area contributed by atoms with Crippen molar-refractivity contribution < 1.29 is 4.79 Å². The Bertz CT molecular complexity index is 339. The van der Waals surface area contributed by atoms with E-state index in [1.165, 1.54) is 0 Å². The second-order valence-corrected chi connectivity index (χ2v) is 3.73. The molecular weight excluding hydrogens is 261 g/mol. The van der Waals surface area contributed by atoms with E-state index in [-0.39, 0.29) is 12.4 Å². The summed E-state index contributed by atoms with van der Waals surface area (Å²) in [5, 5.41) is 0.860. The van der Waals surface area contributed by atoms with Crippen LogP contribution in [0, 0.1) is 0 Å². The molecule has 0 aliphatic carbocycles. The van der Waals surface area contributed by atoms with Gasteiger partial charge in [-0.3, -0.25) is 4.79 Å². The van der Waals surface area contributed by atoms with E-state index in [9.17, 15) is 4.79 Å². The van der Waals surface area contributed by atoms with Crippen molar-refractivity contribution in [3.63, 3.8) is 0 Å². The van der Waals surface area contributed by atoms with Gasteiger partial charge in [0.1, 0.15) is 0 Å². The largest absolute Gasteiger partial charge is 0.370 e. The van der Waals surface area contributed by atoms with Gasteiger partial charge in [0.2, 0.25) is 0 Å². The molecule has 0 rings (SSSR count). The molecule has 17 heavy (non-hydrogen) atoms. The minimum atomic E-state index is -0.481. The number of hydrogen-bond donors (Lipinski definition) is 2. The Hall–Kier alpha value is -1.00. The van der Waals surface area contributed by atoms with E-state index in [4.69, 9.17) is 34.7 Å². The molecule has 0 aromatic rings. The monoisotopic (exact) mass is 279 g/mol. The molecule has 0 atom stereocenters. The number of guanidine groups is 1. The van der Waals surface area contributed by atoms with Gasteiger partial charge in [0, 0.05) is 10.1 Å². The lowest BCUT2D eigenvalue weighted by atomic mass is 10.1. The van der Waals surface area contributed by atoms with Crippen LogP contribution in [-0.4, -0.2) is 11.9 Å². The van der Waals surface area contributed by atoms with Gasteiger partial charge in [-0.2, -0.15) is 4.99 Å². The average molecular weight is 280 g/mol. The van der Waals surface area contributed by atoms with E-state index in [0.717, 1.165) is 0 Å². The van der Waals surface area contributed by atoms with Crippen molar-refractivity contribution in [2.24, 2.45) is 16.5 Å². The summed E-state index contributed by atoms with van der Waals surface area (Å²) in [6, 6.07) is 0. The van der Waals surface area contributed by atoms with E-state index in [2.05, 4.69) is 4.99 Å². The molecule has 0 aromatic carbocycles. The van der Waals surface area contributed by atoms with Gasteiger partial charge in [0.15, 0.2) is 5.96 Å². The van der Waals surface area contributed by atoms with Crippen LogP contribution in [0.3, 0.4) is 0 Å². The van der Waals surface area contributed by atoms with Crippen LogP contribution in [0.15, 0.2) is 26.7 Å². The number of hydrogen-bond acceptors (Lipinski definition) is 1. The number of carbonyl (C=O) groups excluding carboxylic acids is 1. The Morgan fingerprint density at radius 1 is 1.29 bits per heavy atom. The molecule has 6 heteroatoms. The number of rotatable bonds is 3. The molecule has 0 heterocycles. The third-order valence-electron chi connectivity index (χ3n) is 1.54. The normalized spacial score (nSPS) is 12.0. The third kappa shape index (κ3) is 8.77. The number of carbonyl (C=O) groups is 1. The van der Waals surface area contributed by atoms with Gasteiger partial charge < -0.3 is 11.5 Å². The molecule has 0 aromatic heterocycles. The highest BCUT2D eigenvalue weighted by Gasteiger charge is 2.10. The highest BCUT2D eigenvalue weighted by atomic mass is 35.5. The van der Waals surface area contributed by atoms with Crippen molar-refractivity contribution in [1.82, 2.24) is 0 Å². The molecule has 0 saturated carbocycles. The number of aliphatic imine (C=N–C) groups is 1. The smallest absolute Gasteiger partial charge is 0.253 e. The highest BCUT2D eigenvalue weighted by Crippen LogP contribution is 2.24. The fourth-order valence-corrected chi connectivity index (χ4v) is 1.31. The molecule has 98 valence electrons. The molecule has 0 fully saturated rings. The zero-order valence-corrected chi connectivity index (χ0v) is 12.1. The predicted octanol–water partition coefficient (Wildman–Crippen LogP) is 2.86. The summed E-state index contributed by atoms with van der Waals surface area (Å²) in [7, 11) is 0. The molecule has 4 nitrogen and oxygen atoms in total. The number of allylic oxidation sites excluding steroid dienone is 3. The second kappa shape index (κ2) is 10.2. The number of amides is 1. The van der Waals surface area contributed by atoms with Gasteiger partial charge in [-0.05, 0) is 19.4 Å². The van der Waals surface area contributed by atoms with Gasteiger partial charge in [0.25, 0.3) is 5.91 Å². The molecular formula is C11H19Cl2N3O. The van der Waals surface area contributed by atoms with E-state index in [0.29, 0.717) is 15.6 Å². The first-order chi connectivity index (χ1) is 7.88. The summed E-state index contributed by atoms with van der Waals surface area (Å²) in [6.45, 7) is 7.39. The molecule has 1 amide bonds. The van der Waals surface area contributed by atoms with Gasteiger partial charge in [0.05, 0.1) is 6.42 Å². The molecule has 0 aliphatic rings. The van der Waals surface area contributed by atoms with Gasteiger partial charge in [-0.25, -0.2) is 0 Å². The van der Waals surface area contributed by atoms with Crippen LogP contribution in [0.25, 0.3) is 0 Å². The van der Waals surface area contributed by atoms with Crippen molar-refractivity contribution in [3.8, 4) is 0 Å². The van der Waals surface area contributed by atoms with Crippen LogP contribution in [-0.2, 0) is 4.79 Å². The van der Waals surface area contributed by atoms with E-state index in [1.54, 1.807) is 19.9 Å². The maximum atomic E-state index is 11.3. The number of nitrogens with two attached hydrogens (primary N) is 2. The van der Waals surface area contributed by atoms with Crippen molar-refractivity contribution >= 4 is 35.1 Å². The maximum absolute atomic E-state index is 11.3. The van der Waals surface area contributed by atoms with Crippen LogP contribution in [0.5, 0.6) is 0 Å². The first-order valence-electron chi connectivity index (χ1n) is 5.18. The SMILES string of the molecule is C/C=C(Cl)\C(CC(=O)N=C(N)N)=C(/C)Cl.CC. The Morgan fingerprint density at radius 3 is 2.06 bits per heavy atom. The molecule has 4 N–H and O–H groups in total. The Balaban J connectivity index is 0. The molecule has 0 unspecified atom stereocenters. The molecule has 0 spiro atoms. The lowest BCUT2D eigenvalue weighted by Gasteiger charge is -2.04. The van der Waals surface area contributed by atoms with E-state index < -0.39 is 5.91 Å². The lowest BCUT2D eigenvalue weighted by Crippen LogP contribution is -2.24. The summed E-state index contributed by atoms with van der Waals surface area (Å²) in [5.41, 5.74) is 10.7. The summed E-state index contributed by atoms with van der Waals surface area (Å²) < 4.78 is 0. The van der Waals surface area contributed by atoms with Crippen molar-refractivity contribution in [3.05, 3.63) is 21.7 Å². The maximum Gasteiger partial charge on any atom is 0.253 e. The highest BCUT2D eigenvalue weighted by molar-refractivity contribution is 6.35. The number of nitrogens with zero attached hydrogens (tertiary/aromatic N) is 1. The quantitative estimate of drug-likeness (QED) is 0.474. The zero-order chi connectivity index (χ0) is 14.0. The fourth-order valence-electron chi connectivity index (χ4n) is 0.880. The Kier molecular flexibility index (Phi) is 11.0. The minimum absolute atomic E-state index is 0.0175. The van der Waals surface area contributed by atoms with Crippen molar-refractivity contribution in [2.45, 2.75) is 34.1 Å². The van der Waals surface area contributed by atoms with Crippen molar-refractivity contribution in [2.75, 3.05) is 0 Å². The van der Waals surface area contributed by atoms with Crippen LogP contribution < -0.4 is 11.5 Å². The fraction of sp³-hybridized carbons (Fsp3) is 0.455. The summed E-state index contributed by atoms with van der Waals surface area (Å²) in [6.07, 6.45) is 1.63. The van der Waals surface area contributed by atoms with Crippen LogP contribution in [0.4, 0.5) is 0 Å². The summed E-state index contributed by atoms with van der Waals surface area (Å²) in [4.78, 5) is 14.6. The predicted molar refractivity (Wildman–Crippen MR) is 74.9 cm³/mol.